The molecule has 0 aromatic heterocycles. The van der Waals surface area contributed by atoms with Gasteiger partial charge in [-0.1, -0.05) is 48.0 Å². The van der Waals surface area contributed by atoms with Crippen LogP contribution in [0.25, 0.3) is 6.08 Å². The van der Waals surface area contributed by atoms with Crippen molar-refractivity contribution in [3.8, 4) is 0 Å². The molecule has 20 heavy (non-hydrogen) atoms. The van der Waals surface area contributed by atoms with Gasteiger partial charge in [0, 0.05) is 5.56 Å². The molecular weight excluding hydrogens is 252 g/mol. The lowest BCUT2D eigenvalue weighted by Crippen LogP contribution is -2.00. The average Bonchev–Trinajstić information content (AvgIpc) is 2.46. The number of carbonyl (C=O) groups excluding carboxylic acids is 1. The summed E-state index contributed by atoms with van der Waals surface area (Å²) in [5.41, 5.74) is 2.56. The third kappa shape index (κ3) is 3.42. The van der Waals surface area contributed by atoms with Crippen LogP contribution in [0.2, 0.25) is 0 Å². The standard InChI is InChI=1S/C17H14O3/c1-12-5-7-13(8-6-12)9-10-16(18)14-3-2-4-15(11-14)17(19)20/h2-11H,1H3,(H,19,20)/b10-9+. The average molecular weight is 266 g/mol. The Morgan fingerprint density at radius 3 is 2.30 bits per heavy atom. The first-order valence-corrected chi connectivity index (χ1v) is 6.19. The number of allylic oxidation sites excluding steroid dienone is 1. The van der Waals surface area contributed by atoms with Crippen molar-refractivity contribution in [2.75, 3.05) is 0 Å². The zero-order chi connectivity index (χ0) is 14.5. The third-order valence-corrected chi connectivity index (χ3v) is 2.90. The van der Waals surface area contributed by atoms with E-state index in [0.29, 0.717) is 5.56 Å². The summed E-state index contributed by atoms with van der Waals surface area (Å²) in [5.74, 6) is -1.25. The van der Waals surface area contributed by atoms with Crippen molar-refractivity contribution in [2.24, 2.45) is 0 Å². The minimum atomic E-state index is -1.04. The van der Waals surface area contributed by atoms with E-state index in [4.69, 9.17) is 5.11 Å². The summed E-state index contributed by atoms with van der Waals surface area (Å²) in [6.45, 7) is 2.00. The molecule has 3 nitrogen and oxygen atoms in total. The van der Waals surface area contributed by atoms with E-state index in [2.05, 4.69) is 0 Å². The fourth-order valence-corrected chi connectivity index (χ4v) is 1.75. The first-order valence-electron chi connectivity index (χ1n) is 6.19. The first-order chi connectivity index (χ1) is 9.56. The van der Waals surface area contributed by atoms with Crippen LogP contribution in [-0.2, 0) is 0 Å². The van der Waals surface area contributed by atoms with Crippen molar-refractivity contribution in [1.82, 2.24) is 0 Å². The number of hydrogen-bond donors (Lipinski definition) is 1. The van der Waals surface area contributed by atoms with Gasteiger partial charge >= 0.3 is 5.97 Å². The molecule has 0 amide bonds. The van der Waals surface area contributed by atoms with Gasteiger partial charge in [-0.3, -0.25) is 4.79 Å². The number of benzene rings is 2. The van der Waals surface area contributed by atoms with E-state index >= 15 is 0 Å². The van der Waals surface area contributed by atoms with Crippen molar-refractivity contribution in [3.63, 3.8) is 0 Å². The number of carbonyl (C=O) groups is 2. The summed E-state index contributed by atoms with van der Waals surface area (Å²) in [6.07, 6.45) is 3.17. The van der Waals surface area contributed by atoms with Crippen LogP contribution in [0, 0.1) is 6.92 Å². The van der Waals surface area contributed by atoms with Crippen LogP contribution in [0.3, 0.4) is 0 Å². The maximum absolute atomic E-state index is 12.0. The second-order valence-electron chi connectivity index (χ2n) is 4.49. The molecule has 0 fully saturated rings. The Kier molecular flexibility index (Phi) is 4.11. The maximum Gasteiger partial charge on any atom is 0.335 e. The zero-order valence-electron chi connectivity index (χ0n) is 11.0. The van der Waals surface area contributed by atoms with Crippen molar-refractivity contribution in [1.29, 1.82) is 0 Å². The fraction of sp³-hybridized carbons (Fsp3) is 0.0588. The Hall–Kier alpha value is -2.68. The van der Waals surface area contributed by atoms with Gasteiger partial charge in [-0.25, -0.2) is 4.79 Å². The van der Waals surface area contributed by atoms with E-state index in [1.165, 1.54) is 18.2 Å². The Labute approximate surface area is 117 Å². The number of aryl methyl sites for hydroxylation is 1. The van der Waals surface area contributed by atoms with E-state index in [1.54, 1.807) is 18.2 Å². The summed E-state index contributed by atoms with van der Waals surface area (Å²) in [7, 11) is 0. The van der Waals surface area contributed by atoms with Crippen LogP contribution in [0.1, 0.15) is 31.8 Å². The van der Waals surface area contributed by atoms with Gasteiger partial charge in [0.15, 0.2) is 5.78 Å². The molecule has 0 atom stereocenters. The second-order valence-corrected chi connectivity index (χ2v) is 4.49. The van der Waals surface area contributed by atoms with Gasteiger partial charge in [0.1, 0.15) is 0 Å². The van der Waals surface area contributed by atoms with Gasteiger partial charge in [-0.15, -0.1) is 0 Å². The van der Waals surface area contributed by atoms with E-state index in [0.717, 1.165) is 11.1 Å². The molecule has 2 aromatic carbocycles. The molecular formula is C17H14O3. The highest BCUT2D eigenvalue weighted by molar-refractivity contribution is 6.07. The quantitative estimate of drug-likeness (QED) is 0.679. The minimum Gasteiger partial charge on any atom is -0.478 e. The highest BCUT2D eigenvalue weighted by atomic mass is 16.4. The highest BCUT2D eigenvalue weighted by Crippen LogP contribution is 2.09. The molecule has 0 heterocycles. The number of rotatable bonds is 4. The van der Waals surface area contributed by atoms with Crippen molar-refractivity contribution in [2.45, 2.75) is 6.92 Å². The summed E-state index contributed by atoms with van der Waals surface area (Å²) in [4.78, 5) is 22.8. The molecule has 0 aliphatic rings. The Balaban J connectivity index is 2.17. The molecule has 0 saturated heterocycles. The van der Waals surface area contributed by atoms with Crippen molar-refractivity contribution >= 4 is 17.8 Å². The topological polar surface area (TPSA) is 54.4 Å². The van der Waals surface area contributed by atoms with Gasteiger partial charge in [-0.2, -0.15) is 0 Å². The predicted molar refractivity (Wildman–Crippen MR) is 77.9 cm³/mol. The number of hydrogen-bond acceptors (Lipinski definition) is 2. The van der Waals surface area contributed by atoms with Crippen LogP contribution in [0.5, 0.6) is 0 Å². The van der Waals surface area contributed by atoms with Crippen LogP contribution >= 0.6 is 0 Å². The van der Waals surface area contributed by atoms with Gasteiger partial charge in [0.05, 0.1) is 5.56 Å². The predicted octanol–water partition coefficient (Wildman–Crippen LogP) is 3.59. The molecule has 3 heteroatoms. The van der Waals surface area contributed by atoms with Gasteiger partial charge in [0.25, 0.3) is 0 Å². The molecule has 0 unspecified atom stereocenters. The molecule has 0 aliphatic carbocycles. The number of carboxylic acids is 1. The van der Waals surface area contributed by atoms with Gasteiger partial charge in [0.2, 0.25) is 0 Å². The highest BCUT2D eigenvalue weighted by Gasteiger charge is 2.06. The largest absolute Gasteiger partial charge is 0.478 e. The van der Waals surface area contributed by atoms with E-state index < -0.39 is 5.97 Å². The minimum absolute atomic E-state index is 0.111. The van der Waals surface area contributed by atoms with Gasteiger partial charge in [-0.05, 0) is 30.7 Å². The van der Waals surface area contributed by atoms with E-state index in [1.807, 2.05) is 31.2 Å². The molecule has 0 saturated carbocycles. The molecule has 0 aliphatic heterocycles. The Morgan fingerprint density at radius 2 is 1.65 bits per heavy atom. The van der Waals surface area contributed by atoms with E-state index in [9.17, 15) is 9.59 Å². The van der Waals surface area contributed by atoms with Crippen LogP contribution in [0.15, 0.2) is 54.6 Å². The monoisotopic (exact) mass is 266 g/mol. The molecule has 0 bridgehead atoms. The zero-order valence-corrected chi connectivity index (χ0v) is 11.0. The van der Waals surface area contributed by atoms with Crippen molar-refractivity contribution < 1.29 is 14.7 Å². The lowest BCUT2D eigenvalue weighted by atomic mass is 10.1. The molecule has 0 spiro atoms. The molecule has 2 aromatic rings. The Bertz CT molecular complexity index is 667. The van der Waals surface area contributed by atoms with Gasteiger partial charge < -0.3 is 5.11 Å². The summed E-state index contributed by atoms with van der Waals surface area (Å²) >= 11 is 0. The second kappa shape index (κ2) is 5.97. The molecule has 0 radical (unpaired) electrons. The summed E-state index contributed by atoms with van der Waals surface area (Å²) < 4.78 is 0. The maximum atomic E-state index is 12.0. The van der Waals surface area contributed by atoms with Crippen LogP contribution in [-0.4, -0.2) is 16.9 Å². The first kappa shape index (κ1) is 13.7. The van der Waals surface area contributed by atoms with Crippen LogP contribution in [0.4, 0.5) is 0 Å². The summed E-state index contributed by atoms with van der Waals surface area (Å²) in [5, 5.41) is 8.90. The third-order valence-electron chi connectivity index (χ3n) is 2.90. The number of carboxylic acid groups (broad SMARTS) is 1. The summed E-state index contributed by atoms with van der Waals surface area (Å²) in [6, 6.07) is 13.8. The SMILES string of the molecule is Cc1ccc(/C=C/C(=O)c2cccc(C(=O)O)c2)cc1. The molecule has 2 rings (SSSR count). The number of ketones is 1. The number of aromatic carboxylic acids is 1. The fourth-order valence-electron chi connectivity index (χ4n) is 1.75. The smallest absolute Gasteiger partial charge is 0.335 e. The normalized spacial score (nSPS) is 10.7. The van der Waals surface area contributed by atoms with Crippen LogP contribution < -0.4 is 0 Å². The molecule has 100 valence electrons. The van der Waals surface area contributed by atoms with E-state index in [-0.39, 0.29) is 11.3 Å². The Morgan fingerprint density at radius 1 is 1.00 bits per heavy atom. The van der Waals surface area contributed by atoms with Crippen molar-refractivity contribution in [3.05, 3.63) is 76.9 Å². The molecule has 1 N–H and O–H groups in total. The lowest BCUT2D eigenvalue weighted by Gasteiger charge is -1.99. The lowest BCUT2D eigenvalue weighted by molar-refractivity contribution is 0.0697.